The van der Waals surface area contributed by atoms with Crippen molar-refractivity contribution in [3.05, 3.63) is 0 Å². The first-order valence-corrected chi connectivity index (χ1v) is 4.04. The summed E-state index contributed by atoms with van der Waals surface area (Å²) in [6.45, 7) is 4.80. The average Bonchev–Trinajstić information content (AvgIpc) is 2.00. The van der Waals surface area contributed by atoms with Crippen molar-refractivity contribution in [3.63, 3.8) is 0 Å². The van der Waals surface area contributed by atoms with Gasteiger partial charge in [-0.05, 0) is 0 Å². The number of carbonyl (C=O) groups is 1. The molecule has 2 N–H and O–H groups in total. The summed E-state index contributed by atoms with van der Waals surface area (Å²) in [5.41, 5.74) is 0. The fourth-order valence-electron chi connectivity index (χ4n) is 0.701. The quantitative estimate of drug-likeness (QED) is 0.570. The van der Waals surface area contributed by atoms with E-state index in [1.54, 1.807) is 0 Å². The Morgan fingerprint density at radius 1 is 1.58 bits per heavy atom. The molecular formula is C8H15N3O. The van der Waals surface area contributed by atoms with E-state index in [1.807, 2.05) is 19.9 Å². The zero-order valence-electron chi connectivity index (χ0n) is 7.55. The van der Waals surface area contributed by atoms with E-state index in [4.69, 9.17) is 5.26 Å². The van der Waals surface area contributed by atoms with Gasteiger partial charge in [-0.1, -0.05) is 13.8 Å². The third-order valence-corrected chi connectivity index (χ3v) is 1.27. The Balaban J connectivity index is 3.27. The maximum absolute atomic E-state index is 10.9. The van der Waals surface area contributed by atoms with Gasteiger partial charge in [-0.3, -0.25) is 4.79 Å². The first-order valence-electron chi connectivity index (χ1n) is 4.04. The van der Waals surface area contributed by atoms with Crippen LogP contribution in [0.2, 0.25) is 0 Å². The molecule has 4 heteroatoms. The van der Waals surface area contributed by atoms with Crippen LogP contribution in [0, 0.1) is 11.3 Å². The van der Waals surface area contributed by atoms with Crippen molar-refractivity contribution in [2.24, 2.45) is 0 Å². The first kappa shape index (κ1) is 10.9. The molecule has 0 atom stereocenters. The van der Waals surface area contributed by atoms with Crippen molar-refractivity contribution in [1.29, 1.82) is 5.26 Å². The Labute approximate surface area is 72.9 Å². The highest BCUT2D eigenvalue weighted by Crippen LogP contribution is 1.80. The summed E-state index contributed by atoms with van der Waals surface area (Å²) in [5.74, 6) is -0.0790. The van der Waals surface area contributed by atoms with E-state index in [0.717, 1.165) is 0 Å². The molecule has 0 aliphatic carbocycles. The summed E-state index contributed by atoms with van der Waals surface area (Å²) in [7, 11) is 0. The van der Waals surface area contributed by atoms with Gasteiger partial charge in [0.25, 0.3) is 0 Å². The number of nitriles is 1. The van der Waals surface area contributed by atoms with Gasteiger partial charge in [-0.25, -0.2) is 0 Å². The number of hydrogen-bond donors (Lipinski definition) is 2. The van der Waals surface area contributed by atoms with Crippen LogP contribution in [-0.4, -0.2) is 25.0 Å². The lowest BCUT2D eigenvalue weighted by Gasteiger charge is -2.06. The fraction of sp³-hybridized carbons (Fsp3) is 0.750. The molecule has 68 valence electrons. The molecule has 0 aromatic heterocycles. The van der Waals surface area contributed by atoms with Crippen LogP contribution in [-0.2, 0) is 4.79 Å². The summed E-state index contributed by atoms with van der Waals surface area (Å²) in [4.78, 5) is 10.9. The summed E-state index contributed by atoms with van der Waals surface area (Å²) >= 11 is 0. The molecule has 0 saturated carbocycles. The van der Waals surface area contributed by atoms with Crippen molar-refractivity contribution in [2.45, 2.75) is 26.3 Å². The number of nitrogens with one attached hydrogen (secondary N) is 2. The second-order valence-corrected chi connectivity index (χ2v) is 2.79. The van der Waals surface area contributed by atoms with Gasteiger partial charge < -0.3 is 10.6 Å². The fourth-order valence-corrected chi connectivity index (χ4v) is 0.701. The molecule has 0 bridgehead atoms. The molecule has 0 aromatic carbocycles. The van der Waals surface area contributed by atoms with Crippen LogP contribution in [0.25, 0.3) is 0 Å². The van der Waals surface area contributed by atoms with Crippen molar-refractivity contribution in [2.75, 3.05) is 13.1 Å². The summed E-state index contributed by atoms with van der Waals surface area (Å²) in [6, 6.07) is 2.24. The zero-order chi connectivity index (χ0) is 9.40. The maximum Gasteiger partial charge on any atom is 0.222 e. The Morgan fingerprint density at radius 2 is 2.25 bits per heavy atom. The molecule has 0 radical (unpaired) electrons. The van der Waals surface area contributed by atoms with Gasteiger partial charge in [-0.2, -0.15) is 5.26 Å². The molecule has 0 fully saturated rings. The number of rotatable bonds is 5. The monoisotopic (exact) mass is 169 g/mol. The second kappa shape index (κ2) is 6.62. The van der Waals surface area contributed by atoms with Crippen LogP contribution in [0.4, 0.5) is 0 Å². The van der Waals surface area contributed by atoms with E-state index in [9.17, 15) is 4.79 Å². The maximum atomic E-state index is 10.9. The molecule has 0 rings (SSSR count). The minimum atomic E-state index is -0.0790. The summed E-state index contributed by atoms with van der Waals surface area (Å²) < 4.78 is 0. The molecule has 0 aromatic rings. The predicted octanol–water partition coefficient (Wildman–Crippen LogP) is 0.0143. The zero-order valence-corrected chi connectivity index (χ0v) is 7.55. The minimum absolute atomic E-state index is 0.0790. The molecule has 4 nitrogen and oxygen atoms in total. The highest BCUT2D eigenvalue weighted by molar-refractivity contribution is 5.76. The summed E-state index contributed by atoms with van der Waals surface area (Å²) in [6.07, 6.45) is 0.430. The first-order chi connectivity index (χ1) is 5.66. The van der Waals surface area contributed by atoms with E-state index < -0.39 is 0 Å². The minimum Gasteiger partial charge on any atom is -0.343 e. The van der Waals surface area contributed by atoms with Gasteiger partial charge in [0.2, 0.25) is 5.91 Å². The van der Waals surface area contributed by atoms with Gasteiger partial charge in [-0.15, -0.1) is 0 Å². The largest absolute Gasteiger partial charge is 0.343 e. The summed E-state index contributed by atoms with van der Waals surface area (Å²) in [5, 5.41) is 13.7. The Hall–Kier alpha value is -1.08. The lowest BCUT2D eigenvalue weighted by Crippen LogP contribution is -2.30. The lowest BCUT2D eigenvalue weighted by molar-refractivity contribution is -0.120. The van der Waals surface area contributed by atoms with Gasteiger partial charge in [0, 0.05) is 19.0 Å². The smallest absolute Gasteiger partial charge is 0.222 e. The number of hydrogen-bond acceptors (Lipinski definition) is 3. The standard InChI is InChI=1S/C8H15N3O/c1-7(2)10-5-3-8(12)11-6-4-9/h7,10H,3,5-6H2,1-2H3,(H,11,12). The number of nitrogens with zero attached hydrogens (tertiary/aromatic N) is 1. The van der Waals surface area contributed by atoms with Crippen molar-refractivity contribution >= 4 is 5.91 Å². The highest BCUT2D eigenvalue weighted by Gasteiger charge is 1.99. The van der Waals surface area contributed by atoms with Crippen LogP contribution < -0.4 is 10.6 Å². The number of carbonyl (C=O) groups excluding carboxylic acids is 1. The normalized spacial score (nSPS) is 9.50. The van der Waals surface area contributed by atoms with Crippen molar-refractivity contribution in [1.82, 2.24) is 10.6 Å². The molecule has 0 aliphatic heterocycles. The molecule has 0 aliphatic rings. The van der Waals surface area contributed by atoms with E-state index in [0.29, 0.717) is 19.0 Å². The van der Waals surface area contributed by atoms with Crippen LogP contribution >= 0.6 is 0 Å². The SMILES string of the molecule is CC(C)NCCC(=O)NCC#N. The Kier molecular flexibility index (Phi) is 6.02. The van der Waals surface area contributed by atoms with Gasteiger partial charge >= 0.3 is 0 Å². The van der Waals surface area contributed by atoms with Crippen LogP contribution in [0.3, 0.4) is 0 Å². The van der Waals surface area contributed by atoms with E-state index in [1.165, 1.54) is 0 Å². The average molecular weight is 169 g/mol. The van der Waals surface area contributed by atoms with Crippen LogP contribution in [0.15, 0.2) is 0 Å². The number of amides is 1. The Bertz CT molecular complexity index is 172. The second-order valence-electron chi connectivity index (χ2n) is 2.79. The lowest BCUT2D eigenvalue weighted by atomic mass is 10.3. The molecule has 0 spiro atoms. The third-order valence-electron chi connectivity index (χ3n) is 1.27. The van der Waals surface area contributed by atoms with Crippen molar-refractivity contribution in [3.8, 4) is 6.07 Å². The van der Waals surface area contributed by atoms with Gasteiger partial charge in [0.1, 0.15) is 6.54 Å². The molecule has 0 unspecified atom stereocenters. The van der Waals surface area contributed by atoms with Crippen LogP contribution in [0.5, 0.6) is 0 Å². The highest BCUT2D eigenvalue weighted by atomic mass is 16.1. The van der Waals surface area contributed by atoms with Crippen molar-refractivity contribution < 1.29 is 4.79 Å². The van der Waals surface area contributed by atoms with Gasteiger partial charge in [0.15, 0.2) is 0 Å². The molecular weight excluding hydrogens is 154 g/mol. The molecule has 0 heterocycles. The van der Waals surface area contributed by atoms with E-state index in [2.05, 4.69) is 10.6 Å². The molecule has 12 heavy (non-hydrogen) atoms. The third kappa shape index (κ3) is 7.03. The Morgan fingerprint density at radius 3 is 2.75 bits per heavy atom. The molecule has 1 amide bonds. The van der Waals surface area contributed by atoms with E-state index in [-0.39, 0.29) is 12.5 Å². The predicted molar refractivity (Wildman–Crippen MR) is 46.4 cm³/mol. The van der Waals surface area contributed by atoms with E-state index >= 15 is 0 Å². The topological polar surface area (TPSA) is 64.9 Å². The van der Waals surface area contributed by atoms with Gasteiger partial charge in [0.05, 0.1) is 6.07 Å². The van der Waals surface area contributed by atoms with Crippen LogP contribution in [0.1, 0.15) is 20.3 Å². The molecule has 0 saturated heterocycles.